The highest BCUT2D eigenvalue weighted by Crippen LogP contribution is 2.26. The molecule has 1 atom stereocenters. The molecule has 1 aliphatic carbocycles. The predicted molar refractivity (Wildman–Crippen MR) is 113 cm³/mol. The molecule has 2 amide bonds. The lowest BCUT2D eigenvalue weighted by atomic mass is 9.85. The van der Waals surface area contributed by atoms with Crippen molar-refractivity contribution in [3.05, 3.63) is 35.0 Å². The van der Waals surface area contributed by atoms with Crippen LogP contribution in [0.3, 0.4) is 0 Å². The molecule has 0 radical (unpaired) electrons. The number of nitrogens with zero attached hydrogens (tertiary/aromatic N) is 2. The van der Waals surface area contributed by atoms with Gasteiger partial charge in [-0.1, -0.05) is 33.1 Å². The van der Waals surface area contributed by atoms with E-state index < -0.39 is 6.09 Å². The summed E-state index contributed by atoms with van der Waals surface area (Å²) in [6.07, 6.45) is 8.77. The van der Waals surface area contributed by atoms with E-state index in [0.29, 0.717) is 11.5 Å². The van der Waals surface area contributed by atoms with Crippen LogP contribution in [0, 0.1) is 10.8 Å². The minimum atomic E-state index is -0.470. The predicted octanol–water partition coefficient (Wildman–Crippen LogP) is 2.65. The SMILES string of the molecule is CC.CO[N+](=O)OCCNC(=O)c1ccc[n+](COC(=O)NC(C)C2CCCCC2)c1. The fourth-order valence-electron chi connectivity index (χ4n) is 3.29. The lowest BCUT2D eigenvalue weighted by molar-refractivity contribution is -0.976. The van der Waals surface area contributed by atoms with Gasteiger partial charge in [0.15, 0.2) is 26.1 Å². The van der Waals surface area contributed by atoms with Crippen molar-refractivity contribution in [2.45, 2.75) is 65.6 Å². The fourth-order valence-corrected chi connectivity index (χ4v) is 3.29. The smallest absolute Gasteiger partial charge is 0.388 e. The largest absolute Gasteiger partial charge is 0.477 e. The number of carbonyl (C=O) groups excluding carboxylic acids is 2. The van der Waals surface area contributed by atoms with Crippen LogP contribution in [0.1, 0.15) is 63.2 Å². The Bertz CT molecular complexity index is 694. The topological polar surface area (TPSA) is 110 Å². The van der Waals surface area contributed by atoms with E-state index in [1.807, 2.05) is 20.8 Å². The highest BCUT2D eigenvalue weighted by molar-refractivity contribution is 5.93. The number of rotatable bonds is 10. The second-order valence-corrected chi connectivity index (χ2v) is 6.99. The van der Waals surface area contributed by atoms with E-state index in [9.17, 15) is 14.5 Å². The average molecular weight is 441 g/mol. The molecule has 0 bridgehead atoms. The van der Waals surface area contributed by atoms with Gasteiger partial charge in [0.2, 0.25) is 0 Å². The third kappa shape index (κ3) is 10.1. The Labute approximate surface area is 183 Å². The van der Waals surface area contributed by atoms with Crippen LogP contribution in [0.25, 0.3) is 0 Å². The number of amides is 2. The van der Waals surface area contributed by atoms with Gasteiger partial charge in [-0.15, -0.1) is 0 Å². The van der Waals surface area contributed by atoms with Gasteiger partial charge in [-0.3, -0.25) is 4.79 Å². The Balaban J connectivity index is 0.00000233. The highest BCUT2D eigenvalue weighted by Gasteiger charge is 2.22. The van der Waals surface area contributed by atoms with E-state index in [1.165, 1.54) is 26.4 Å². The maximum absolute atomic E-state index is 12.1. The van der Waals surface area contributed by atoms with Crippen molar-refractivity contribution in [2.75, 3.05) is 20.3 Å². The van der Waals surface area contributed by atoms with E-state index >= 15 is 0 Å². The summed E-state index contributed by atoms with van der Waals surface area (Å²) in [6.45, 7) is 6.11. The molecule has 2 rings (SSSR count). The molecule has 0 aliphatic heterocycles. The number of alkyl carbamates (subject to hydrolysis) is 1. The molecule has 1 aromatic rings. The minimum absolute atomic E-state index is 0.00751. The first-order valence-corrected chi connectivity index (χ1v) is 10.8. The minimum Gasteiger partial charge on any atom is -0.388 e. The maximum atomic E-state index is 12.1. The molecular weight excluding hydrogens is 404 g/mol. The molecule has 174 valence electrons. The van der Waals surface area contributed by atoms with Gasteiger partial charge in [0.05, 0.1) is 6.54 Å². The molecule has 31 heavy (non-hydrogen) atoms. The zero-order valence-electron chi connectivity index (χ0n) is 19.0. The van der Waals surface area contributed by atoms with E-state index in [1.54, 1.807) is 29.1 Å². The van der Waals surface area contributed by atoms with Crippen LogP contribution < -0.4 is 15.2 Å². The molecule has 0 spiro atoms. The summed E-state index contributed by atoms with van der Waals surface area (Å²) in [5.74, 6) is 0.158. The molecule has 0 saturated heterocycles. The first kappa shape index (κ1) is 26.1. The number of hydrogen-bond acceptors (Lipinski definition) is 6. The van der Waals surface area contributed by atoms with Gasteiger partial charge in [0, 0.05) is 12.1 Å². The van der Waals surface area contributed by atoms with Gasteiger partial charge in [0.25, 0.3) is 12.6 Å². The number of aromatic nitrogens is 1. The normalized spacial score (nSPS) is 14.3. The number of carbonyl (C=O) groups is 2. The van der Waals surface area contributed by atoms with Crippen molar-refractivity contribution >= 4 is 12.0 Å². The molecule has 0 aromatic carbocycles. The van der Waals surface area contributed by atoms with Gasteiger partial charge >= 0.3 is 11.2 Å². The van der Waals surface area contributed by atoms with Crippen molar-refractivity contribution in [3.8, 4) is 0 Å². The van der Waals surface area contributed by atoms with E-state index in [4.69, 9.17) is 4.74 Å². The first-order valence-electron chi connectivity index (χ1n) is 10.8. The summed E-state index contributed by atoms with van der Waals surface area (Å²) in [5.41, 5.74) is 0.387. The van der Waals surface area contributed by atoms with Crippen LogP contribution in [0.2, 0.25) is 0 Å². The first-order chi connectivity index (χ1) is 15.0. The lowest BCUT2D eigenvalue weighted by Gasteiger charge is -2.27. The van der Waals surface area contributed by atoms with Crippen molar-refractivity contribution < 1.29 is 33.7 Å². The third-order valence-corrected chi connectivity index (χ3v) is 4.90. The lowest BCUT2D eigenvalue weighted by Crippen LogP contribution is -2.43. The van der Waals surface area contributed by atoms with Crippen LogP contribution in [0.15, 0.2) is 24.5 Å². The number of nitrogens with one attached hydrogen (secondary N) is 2. The zero-order chi connectivity index (χ0) is 23.1. The molecule has 2 N–H and O–H groups in total. The van der Waals surface area contributed by atoms with Crippen LogP contribution in [0.4, 0.5) is 4.79 Å². The Hall–Kier alpha value is -2.91. The van der Waals surface area contributed by atoms with E-state index in [0.717, 1.165) is 12.8 Å². The van der Waals surface area contributed by atoms with Gasteiger partial charge in [-0.05, 0) is 31.7 Å². The average Bonchev–Trinajstić information content (AvgIpc) is 2.82. The standard InChI is InChI=1S/C19H28N4O6.C2H6/c1-15(16-7-4-3-5-8-16)21-19(25)28-14-22-11-6-9-17(13-22)18(24)20-10-12-29-23(26)27-2;1-2/h6,9,11,13,15-16H,3-5,7-8,10,12,14H2,1-2H3;1-2H3/p+2. The summed E-state index contributed by atoms with van der Waals surface area (Å²) < 4.78 is 6.87. The second-order valence-electron chi connectivity index (χ2n) is 6.99. The maximum Gasteiger partial charge on any atom is 0.477 e. The third-order valence-electron chi connectivity index (χ3n) is 4.90. The van der Waals surface area contributed by atoms with Gasteiger partial charge in [0.1, 0.15) is 10.5 Å². The molecular formula is C21H36N4O6+2. The van der Waals surface area contributed by atoms with Crippen molar-refractivity contribution in [1.82, 2.24) is 10.6 Å². The van der Waals surface area contributed by atoms with Crippen molar-refractivity contribution in [2.24, 2.45) is 5.92 Å². The van der Waals surface area contributed by atoms with E-state index in [2.05, 4.69) is 20.3 Å². The Morgan fingerprint density at radius 2 is 1.97 bits per heavy atom. The van der Waals surface area contributed by atoms with Gasteiger partial charge in [-0.25, -0.2) is 4.79 Å². The second kappa shape index (κ2) is 15.0. The zero-order valence-corrected chi connectivity index (χ0v) is 19.0. The van der Waals surface area contributed by atoms with Crippen LogP contribution in [-0.2, 0) is 21.1 Å². The summed E-state index contributed by atoms with van der Waals surface area (Å²) in [4.78, 5) is 43.8. The molecule has 1 aliphatic rings. The number of pyridine rings is 1. The molecule has 1 aromatic heterocycles. The summed E-state index contributed by atoms with van der Waals surface area (Å²) in [6, 6.07) is 3.39. The van der Waals surface area contributed by atoms with Crippen LogP contribution in [0.5, 0.6) is 0 Å². The summed E-state index contributed by atoms with van der Waals surface area (Å²) >= 11 is 0. The van der Waals surface area contributed by atoms with Crippen molar-refractivity contribution in [1.29, 1.82) is 0 Å². The Kier molecular flexibility index (Phi) is 12.6. The van der Waals surface area contributed by atoms with Gasteiger partial charge < -0.3 is 15.4 Å². The van der Waals surface area contributed by atoms with Crippen molar-refractivity contribution in [3.63, 3.8) is 0 Å². The molecule has 1 heterocycles. The molecule has 10 nitrogen and oxygen atoms in total. The monoisotopic (exact) mass is 440 g/mol. The summed E-state index contributed by atoms with van der Waals surface area (Å²) in [5, 5.41) is 5.47. The quantitative estimate of drug-likeness (QED) is 0.329. The summed E-state index contributed by atoms with van der Waals surface area (Å²) in [7, 11) is 1.17. The number of hydrogen-bond donors (Lipinski definition) is 2. The Morgan fingerprint density at radius 1 is 1.26 bits per heavy atom. The fraction of sp³-hybridized carbons (Fsp3) is 0.667. The molecule has 1 fully saturated rings. The van der Waals surface area contributed by atoms with Crippen LogP contribution in [-0.4, -0.2) is 43.4 Å². The highest BCUT2D eigenvalue weighted by atomic mass is 17.0. The molecule has 10 heteroatoms. The Morgan fingerprint density at radius 3 is 2.65 bits per heavy atom. The molecule has 1 saturated carbocycles. The molecule has 1 unspecified atom stereocenters. The van der Waals surface area contributed by atoms with E-state index in [-0.39, 0.29) is 36.9 Å². The van der Waals surface area contributed by atoms with Gasteiger partial charge in [-0.2, -0.15) is 14.2 Å². The number of ether oxygens (including phenoxy) is 1. The van der Waals surface area contributed by atoms with Crippen LogP contribution >= 0.6 is 0 Å².